The normalized spacial score (nSPS) is 12.1. The molecule has 7 heteroatoms. The highest BCUT2D eigenvalue weighted by Gasteiger charge is 2.16. The number of rotatable bonds is 6. The van der Waals surface area contributed by atoms with Gasteiger partial charge in [-0.3, -0.25) is 14.9 Å². The molecule has 17 heavy (non-hydrogen) atoms. The number of carbonyl (C=O) groups is 1. The maximum atomic E-state index is 11.4. The maximum absolute atomic E-state index is 11.4. The quantitative estimate of drug-likeness (QED) is 0.573. The van der Waals surface area contributed by atoms with Crippen LogP contribution in [0.3, 0.4) is 0 Å². The summed E-state index contributed by atoms with van der Waals surface area (Å²) in [5.41, 5.74) is 0. The molecule has 0 radical (unpaired) electrons. The summed E-state index contributed by atoms with van der Waals surface area (Å²) in [6.07, 6.45) is 0.592. The molecule has 0 aliphatic rings. The van der Waals surface area contributed by atoms with E-state index in [9.17, 15) is 20.0 Å². The molecule has 0 bridgehead atoms. The van der Waals surface area contributed by atoms with Crippen LogP contribution >= 0.6 is 0 Å². The fraction of sp³-hybridized carbons (Fsp3) is 0.500. The Bertz CT molecular complexity index is 401. The molecule has 2 N–H and O–H groups in total. The summed E-state index contributed by atoms with van der Waals surface area (Å²) in [6.45, 7) is 2.13. The second kappa shape index (κ2) is 6.00. The van der Waals surface area contributed by atoms with Gasteiger partial charge in [0.05, 0.1) is 12.2 Å². The van der Waals surface area contributed by atoms with Crippen LogP contribution in [0.1, 0.15) is 30.3 Å². The van der Waals surface area contributed by atoms with Crippen molar-refractivity contribution in [3.8, 4) is 0 Å². The van der Waals surface area contributed by atoms with E-state index in [1.165, 1.54) is 6.07 Å². The van der Waals surface area contributed by atoms with Crippen LogP contribution in [-0.2, 0) is 0 Å². The van der Waals surface area contributed by atoms with Crippen molar-refractivity contribution in [2.45, 2.75) is 25.9 Å². The SMILES string of the molecule is CCC(O)CCNC(=O)c1ccc([N+](=O)[O-])o1. The van der Waals surface area contributed by atoms with Gasteiger partial charge in [-0.1, -0.05) is 6.92 Å². The van der Waals surface area contributed by atoms with Gasteiger partial charge in [-0.05, 0) is 18.9 Å². The molecular weight excluding hydrogens is 228 g/mol. The molecule has 0 saturated heterocycles. The first kappa shape index (κ1) is 13.2. The number of hydrogen-bond acceptors (Lipinski definition) is 5. The lowest BCUT2D eigenvalue weighted by Crippen LogP contribution is -2.26. The molecule has 0 saturated carbocycles. The van der Waals surface area contributed by atoms with Gasteiger partial charge in [0.25, 0.3) is 5.91 Å². The van der Waals surface area contributed by atoms with Crippen molar-refractivity contribution in [1.82, 2.24) is 5.32 Å². The van der Waals surface area contributed by atoms with E-state index < -0.39 is 22.8 Å². The van der Waals surface area contributed by atoms with Gasteiger partial charge in [0, 0.05) is 6.54 Å². The Kier molecular flexibility index (Phi) is 4.65. The van der Waals surface area contributed by atoms with Gasteiger partial charge in [-0.15, -0.1) is 0 Å². The largest absolute Gasteiger partial charge is 0.433 e. The fourth-order valence-electron chi connectivity index (χ4n) is 1.19. The van der Waals surface area contributed by atoms with Crippen LogP contribution in [-0.4, -0.2) is 28.6 Å². The van der Waals surface area contributed by atoms with Crippen molar-refractivity contribution in [2.24, 2.45) is 0 Å². The van der Waals surface area contributed by atoms with E-state index in [0.29, 0.717) is 19.4 Å². The third-order valence-electron chi connectivity index (χ3n) is 2.23. The summed E-state index contributed by atoms with van der Waals surface area (Å²) < 4.78 is 4.72. The summed E-state index contributed by atoms with van der Waals surface area (Å²) in [4.78, 5) is 21.1. The smallest absolute Gasteiger partial charge is 0.395 e. The molecule has 0 spiro atoms. The first-order valence-electron chi connectivity index (χ1n) is 5.25. The van der Waals surface area contributed by atoms with E-state index in [4.69, 9.17) is 4.42 Å². The number of amides is 1. The standard InChI is InChI=1S/C10H14N2O5/c1-2-7(13)5-6-11-10(14)8-3-4-9(17-8)12(15)16/h3-4,7,13H,2,5-6H2,1H3,(H,11,14). The van der Waals surface area contributed by atoms with Gasteiger partial charge in [-0.2, -0.15) is 0 Å². The Morgan fingerprint density at radius 3 is 2.88 bits per heavy atom. The maximum Gasteiger partial charge on any atom is 0.433 e. The molecular formula is C10H14N2O5. The molecule has 1 unspecified atom stereocenters. The Morgan fingerprint density at radius 1 is 1.65 bits per heavy atom. The van der Waals surface area contributed by atoms with Crippen LogP contribution in [0.15, 0.2) is 16.5 Å². The minimum atomic E-state index is -0.711. The molecule has 1 rings (SSSR count). The Morgan fingerprint density at radius 2 is 2.35 bits per heavy atom. The van der Waals surface area contributed by atoms with Gasteiger partial charge in [0.15, 0.2) is 5.76 Å². The number of nitro groups is 1. The zero-order chi connectivity index (χ0) is 12.8. The predicted octanol–water partition coefficient (Wildman–Crippen LogP) is 1.08. The topological polar surface area (TPSA) is 106 Å². The fourth-order valence-corrected chi connectivity index (χ4v) is 1.19. The summed E-state index contributed by atoms with van der Waals surface area (Å²) >= 11 is 0. The molecule has 1 aromatic rings. The van der Waals surface area contributed by atoms with Crippen molar-refractivity contribution in [3.63, 3.8) is 0 Å². The zero-order valence-electron chi connectivity index (χ0n) is 9.38. The van der Waals surface area contributed by atoms with Crippen LogP contribution < -0.4 is 5.32 Å². The van der Waals surface area contributed by atoms with Gasteiger partial charge in [-0.25, -0.2) is 0 Å². The van der Waals surface area contributed by atoms with Crippen LogP contribution in [0.2, 0.25) is 0 Å². The highest BCUT2D eigenvalue weighted by molar-refractivity contribution is 5.91. The molecule has 1 amide bonds. The van der Waals surface area contributed by atoms with E-state index >= 15 is 0 Å². The van der Waals surface area contributed by atoms with Crippen molar-refractivity contribution in [1.29, 1.82) is 0 Å². The molecule has 7 nitrogen and oxygen atoms in total. The van der Waals surface area contributed by atoms with E-state index in [2.05, 4.69) is 5.32 Å². The minimum Gasteiger partial charge on any atom is -0.395 e. The number of carbonyl (C=O) groups excluding carboxylic acids is 1. The van der Waals surface area contributed by atoms with Crippen LogP contribution in [0.4, 0.5) is 5.88 Å². The number of furan rings is 1. The van der Waals surface area contributed by atoms with E-state index in [1.807, 2.05) is 6.92 Å². The monoisotopic (exact) mass is 242 g/mol. The molecule has 1 heterocycles. The van der Waals surface area contributed by atoms with E-state index in [1.54, 1.807) is 0 Å². The Hall–Kier alpha value is -1.89. The summed E-state index contributed by atoms with van der Waals surface area (Å²) in [7, 11) is 0. The van der Waals surface area contributed by atoms with Crippen molar-refractivity contribution in [2.75, 3.05) is 6.54 Å². The Labute approximate surface area is 97.6 Å². The average molecular weight is 242 g/mol. The predicted molar refractivity (Wildman–Crippen MR) is 58.6 cm³/mol. The lowest BCUT2D eigenvalue weighted by atomic mass is 10.2. The van der Waals surface area contributed by atoms with Crippen molar-refractivity contribution in [3.05, 3.63) is 28.0 Å². The lowest BCUT2D eigenvalue weighted by Gasteiger charge is -2.07. The van der Waals surface area contributed by atoms with Crippen LogP contribution in [0.25, 0.3) is 0 Å². The van der Waals surface area contributed by atoms with Crippen LogP contribution in [0.5, 0.6) is 0 Å². The van der Waals surface area contributed by atoms with E-state index in [-0.39, 0.29) is 5.76 Å². The van der Waals surface area contributed by atoms with Gasteiger partial charge in [0.2, 0.25) is 0 Å². The third-order valence-corrected chi connectivity index (χ3v) is 2.23. The number of hydrogen-bond donors (Lipinski definition) is 2. The minimum absolute atomic E-state index is 0.109. The first-order chi connectivity index (χ1) is 8.04. The summed E-state index contributed by atoms with van der Waals surface area (Å²) in [5, 5.41) is 22.1. The number of aliphatic hydroxyl groups is 1. The van der Waals surface area contributed by atoms with Crippen LogP contribution in [0, 0.1) is 10.1 Å². The van der Waals surface area contributed by atoms with Gasteiger partial charge >= 0.3 is 5.88 Å². The average Bonchev–Trinajstić information content (AvgIpc) is 2.78. The highest BCUT2D eigenvalue weighted by Crippen LogP contribution is 2.15. The van der Waals surface area contributed by atoms with Crippen molar-refractivity contribution >= 4 is 11.8 Å². The summed E-state index contributed by atoms with van der Waals surface area (Å²) in [5.74, 6) is -1.10. The molecule has 94 valence electrons. The molecule has 0 fully saturated rings. The summed E-state index contributed by atoms with van der Waals surface area (Å²) in [6, 6.07) is 2.36. The zero-order valence-corrected chi connectivity index (χ0v) is 9.38. The second-order valence-corrected chi connectivity index (χ2v) is 3.50. The molecule has 1 atom stereocenters. The second-order valence-electron chi connectivity index (χ2n) is 3.50. The Balaban J connectivity index is 2.44. The third kappa shape index (κ3) is 3.87. The molecule has 0 aliphatic carbocycles. The molecule has 0 aliphatic heterocycles. The van der Waals surface area contributed by atoms with Gasteiger partial charge < -0.3 is 14.8 Å². The first-order valence-corrected chi connectivity index (χ1v) is 5.25. The number of aliphatic hydroxyl groups excluding tert-OH is 1. The van der Waals surface area contributed by atoms with Gasteiger partial charge in [0.1, 0.15) is 4.92 Å². The molecule has 0 aromatic carbocycles. The van der Waals surface area contributed by atoms with Crippen molar-refractivity contribution < 1.29 is 19.2 Å². The molecule has 1 aromatic heterocycles. The lowest BCUT2D eigenvalue weighted by molar-refractivity contribution is -0.402. The van der Waals surface area contributed by atoms with E-state index in [0.717, 1.165) is 6.07 Å². The number of nitrogens with one attached hydrogen (secondary N) is 1. The highest BCUT2D eigenvalue weighted by atomic mass is 16.6. The number of nitrogens with zero attached hydrogens (tertiary/aromatic N) is 1.